The monoisotopic (exact) mass is 311 g/mol. The Kier molecular flexibility index (Phi) is 5.65. The summed E-state index contributed by atoms with van der Waals surface area (Å²) < 4.78 is 29.9. The third-order valence-electron chi connectivity index (χ3n) is 4.25. The quantitative estimate of drug-likeness (QED) is 0.841. The molecule has 1 saturated carbocycles. The summed E-state index contributed by atoms with van der Waals surface area (Å²) in [4.78, 5) is 0. The molecule has 1 aliphatic rings. The van der Waals surface area contributed by atoms with Gasteiger partial charge in [0.25, 0.3) is 0 Å². The average Bonchev–Trinajstić information content (AvgIpc) is 2.97. The maximum Gasteiger partial charge on any atom is 0.152 e. The molecule has 0 saturated heterocycles. The molecule has 5 heteroatoms. The molecule has 1 aliphatic carbocycles. The van der Waals surface area contributed by atoms with E-state index in [9.17, 15) is 8.42 Å². The van der Waals surface area contributed by atoms with Gasteiger partial charge < -0.3 is 10.1 Å². The second kappa shape index (κ2) is 7.27. The molecule has 1 aromatic rings. The van der Waals surface area contributed by atoms with Crippen LogP contribution in [0.4, 0.5) is 0 Å². The SMILES string of the molecule is CNC(CS(=O)(=O)CC1CCCC1)c1ccc(OC)cc1. The molecule has 2 rings (SSSR count). The zero-order valence-corrected chi connectivity index (χ0v) is 13.7. The van der Waals surface area contributed by atoms with Gasteiger partial charge in [0, 0.05) is 6.04 Å². The van der Waals surface area contributed by atoms with E-state index in [1.54, 1.807) is 14.2 Å². The highest BCUT2D eigenvalue weighted by atomic mass is 32.2. The summed E-state index contributed by atoms with van der Waals surface area (Å²) in [5.74, 6) is 1.64. The largest absolute Gasteiger partial charge is 0.497 e. The number of benzene rings is 1. The molecule has 1 aromatic carbocycles. The lowest BCUT2D eigenvalue weighted by Crippen LogP contribution is -2.28. The Morgan fingerprint density at radius 1 is 1.24 bits per heavy atom. The van der Waals surface area contributed by atoms with Crippen molar-refractivity contribution in [3.8, 4) is 5.75 Å². The van der Waals surface area contributed by atoms with Crippen LogP contribution in [0, 0.1) is 5.92 Å². The van der Waals surface area contributed by atoms with E-state index in [0.717, 1.165) is 24.2 Å². The highest BCUT2D eigenvalue weighted by molar-refractivity contribution is 7.91. The minimum atomic E-state index is -3.03. The number of sulfone groups is 1. The van der Waals surface area contributed by atoms with Gasteiger partial charge in [0.1, 0.15) is 5.75 Å². The molecule has 1 fully saturated rings. The molecule has 0 spiro atoms. The van der Waals surface area contributed by atoms with Crippen LogP contribution >= 0.6 is 0 Å². The van der Waals surface area contributed by atoms with Gasteiger partial charge in [-0.1, -0.05) is 25.0 Å². The Labute approximate surface area is 127 Å². The summed E-state index contributed by atoms with van der Waals surface area (Å²) in [6, 6.07) is 7.41. The van der Waals surface area contributed by atoms with E-state index in [-0.39, 0.29) is 11.8 Å². The number of ether oxygens (including phenoxy) is 1. The third kappa shape index (κ3) is 4.71. The first kappa shape index (κ1) is 16.3. The van der Waals surface area contributed by atoms with Crippen LogP contribution in [-0.2, 0) is 9.84 Å². The number of nitrogens with one attached hydrogen (secondary N) is 1. The van der Waals surface area contributed by atoms with Crippen molar-refractivity contribution >= 4 is 9.84 Å². The maximum atomic E-state index is 12.4. The van der Waals surface area contributed by atoms with Gasteiger partial charge in [0.05, 0.1) is 18.6 Å². The van der Waals surface area contributed by atoms with Crippen molar-refractivity contribution in [1.29, 1.82) is 0 Å². The van der Waals surface area contributed by atoms with Crippen molar-refractivity contribution in [3.05, 3.63) is 29.8 Å². The number of rotatable bonds is 7. The molecule has 0 heterocycles. The van der Waals surface area contributed by atoms with Crippen LogP contribution in [0.2, 0.25) is 0 Å². The molecule has 0 bridgehead atoms. The zero-order valence-electron chi connectivity index (χ0n) is 12.8. The van der Waals surface area contributed by atoms with Gasteiger partial charge in [-0.25, -0.2) is 8.42 Å². The highest BCUT2D eigenvalue weighted by Crippen LogP contribution is 2.27. The standard InChI is InChI=1S/C16H25NO3S/c1-17-16(14-7-9-15(20-2)10-8-14)12-21(18,19)11-13-5-3-4-6-13/h7-10,13,16-17H,3-6,11-12H2,1-2H3. The number of hydrogen-bond donors (Lipinski definition) is 1. The molecular weight excluding hydrogens is 286 g/mol. The summed E-state index contributed by atoms with van der Waals surface area (Å²) in [6.45, 7) is 0. The first-order chi connectivity index (χ1) is 10.0. The van der Waals surface area contributed by atoms with E-state index >= 15 is 0 Å². The van der Waals surface area contributed by atoms with E-state index in [2.05, 4.69) is 5.32 Å². The fourth-order valence-electron chi connectivity index (χ4n) is 3.04. The van der Waals surface area contributed by atoms with Crippen LogP contribution in [-0.4, -0.2) is 34.1 Å². The van der Waals surface area contributed by atoms with Gasteiger partial charge >= 0.3 is 0 Å². The fraction of sp³-hybridized carbons (Fsp3) is 0.625. The second-order valence-corrected chi connectivity index (χ2v) is 8.00. The average molecular weight is 311 g/mol. The lowest BCUT2D eigenvalue weighted by atomic mass is 10.1. The fourth-order valence-corrected chi connectivity index (χ4v) is 5.10. The Morgan fingerprint density at radius 3 is 2.38 bits per heavy atom. The van der Waals surface area contributed by atoms with E-state index in [1.165, 1.54) is 12.8 Å². The van der Waals surface area contributed by atoms with Crippen LogP contribution < -0.4 is 10.1 Å². The topological polar surface area (TPSA) is 55.4 Å². The van der Waals surface area contributed by atoms with E-state index in [0.29, 0.717) is 11.7 Å². The Balaban J connectivity index is 2.02. The predicted molar refractivity (Wildman–Crippen MR) is 85.4 cm³/mol. The summed E-state index contributed by atoms with van der Waals surface area (Å²) in [7, 11) is 0.393. The minimum Gasteiger partial charge on any atom is -0.497 e. The lowest BCUT2D eigenvalue weighted by molar-refractivity contribution is 0.414. The Morgan fingerprint density at radius 2 is 1.86 bits per heavy atom. The molecule has 0 radical (unpaired) electrons. The van der Waals surface area contributed by atoms with Crippen LogP contribution in [0.3, 0.4) is 0 Å². The molecule has 0 aliphatic heterocycles. The smallest absolute Gasteiger partial charge is 0.152 e. The zero-order chi connectivity index (χ0) is 15.3. The van der Waals surface area contributed by atoms with Crippen molar-refractivity contribution < 1.29 is 13.2 Å². The van der Waals surface area contributed by atoms with Gasteiger partial charge in [-0.3, -0.25) is 0 Å². The second-order valence-electron chi connectivity index (χ2n) is 5.84. The van der Waals surface area contributed by atoms with Crippen molar-refractivity contribution in [2.45, 2.75) is 31.7 Å². The maximum absolute atomic E-state index is 12.4. The van der Waals surface area contributed by atoms with Gasteiger partial charge in [0.15, 0.2) is 9.84 Å². The van der Waals surface area contributed by atoms with Gasteiger partial charge in [-0.05, 0) is 43.5 Å². The molecule has 118 valence electrons. The van der Waals surface area contributed by atoms with Crippen LogP contribution in [0.5, 0.6) is 5.75 Å². The molecule has 4 nitrogen and oxygen atoms in total. The number of methoxy groups -OCH3 is 1. The van der Waals surface area contributed by atoms with Crippen molar-refractivity contribution in [1.82, 2.24) is 5.32 Å². The van der Waals surface area contributed by atoms with E-state index in [4.69, 9.17) is 4.74 Å². The molecule has 1 N–H and O–H groups in total. The summed E-state index contributed by atoms with van der Waals surface area (Å²) in [5.41, 5.74) is 0.980. The first-order valence-electron chi connectivity index (χ1n) is 7.55. The van der Waals surface area contributed by atoms with Crippen LogP contribution in [0.15, 0.2) is 24.3 Å². The minimum absolute atomic E-state index is 0.159. The van der Waals surface area contributed by atoms with Gasteiger partial charge in [-0.2, -0.15) is 0 Å². The molecule has 1 atom stereocenters. The molecule has 1 unspecified atom stereocenters. The van der Waals surface area contributed by atoms with Crippen molar-refractivity contribution in [2.75, 3.05) is 25.7 Å². The predicted octanol–water partition coefficient (Wildman–Crippen LogP) is 2.56. The van der Waals surface area contributed by atoms with Crippen LogP contribution in [0.25, 0.3) is 0 Å². The summed E-state index contributed by atoms with van der Waals surface area (Å²) >= 11 is 0. The third-order valence-corrected chi connectivity index (χ3v) is 6.07. The van der Waals surface area contributed by atoms with Crippen molar-refractivity contribution in [3.63, 3.8) is 0 Å². The Hall–Kier alpha value is -1.07. The lowest BCUT2D eigenvalue weighted by Gasteiger charge is -2.18. The highest BCUT2D eigenvalue weighted by Gasteiger charge is 2.25. The Bertz CT molecular complexity index is 533. The van der Waals surface area contributed by atoms with E-state index in [1.807, 2.05) is 24.3 Å². The van der Waals surface area contributed by atoms with Gasteiger partial charge in [-0.15, -0.1) is 0 Å². The summed E-state index contributed by atoms with van der Waals surface area (Å²) in [5, 5.41) is 3.12. The van der Waals surface area contributed by atoms with Crippen molar-refractivity contribution in [2.24, 2.45) is 5.92 Å². The summed E-state index contributed by atoms with van der Waals surface area (Å²) in [6.07, 6.45) is 4.47. The first-order valence-corrected chi connectivity index (χ1v) is 9.38. The molecular formula is C16H25NO3S. The normalized spacial score (nSPS) is 17.8. The molecule has 0 aromatic heterocycles. The van der Waals surface area contributed by atoms with Gasteiger partial charge in [0.2, 0.25) is 0 Å². The molecule has 0 amide bonds. The molecule has 21 heavy (non-hydrogen) atoms. The van der Waals surface area contributed by atoms with Crippen LogP contribution in [0.1, 0.15) is 37.3 Å². The number of hydrogen-bond acceptors (Lipinski definition) is 4. The van der Waals surface area contributed by atoms with E-state index < -0.39 is 9.84 Å².